The summed E-state index contributed by atoms with van der Waals surface area (Å²) in [5.41, 5.74) is 0. The highest BCUT2D eigenvalue weighted by Gasteiger charge is 2.37. The number of anilines is 1. The minimum absolute atomic E-state index is 0.0308. The minimum Gasteiger partial charge on any atom is -0.330 e. The molecule has 108 valence electrons. The molecule has 1 aromatic rings. The molecule has 0 saturated carbocycles. The van der Waals surface area contributed by atoms with Gasteiger partial charge in [0, 0.05) is 24.7 Å². The van der Waals surface area contributed by atoms with E-state index in [1.807, 2.05) is 5.38 Å². The molecule has 2 unspecified atom stereocenters. The number of hydrogen-bond acceptors (Lipinski definition) is 5. The molecule has 7 heteroatoms. The third-order valence-electron chi connectivity index (χ3n) is 3.91. The van der Waals surface area contributed by atoms with E-state index in [0.29, 0.717) is 11.7 Å². The number of carbonyl (C=O) groups excluding carboxylic acids is 2. The Morgan fingerprint density at radius 2 is 2.35 bits per heavy atom. The standard InChI is InChI=1S/C13H18N4O2S/c18-11(16-13-15-5-7-20-13)10-2-1-6-17(10)12(19)9-3-4-14-8-9/h5,7,9-10,14H,1-4,6,8H2,(H,15,16,18). The number of rotatable bonds is 3. The third-order valence-corrected chi connectivity index (χ3v) is 4.60. The predicted octanol–water partition coefficient (Wildman–Crippen LogP) is 0.682. The monoisotopic (exact) mass is 294 g/mol. The molecule has 6 nitrogen and oxygen atoms in total. The number of thiazole rings is 1. The predicted molar refractivity (Wildman–Crippen MR) is 76.5 cm³/mol. The summed E-state index contributed by atoms with van der Waals surface area (Å²) in [4.78, 5) is 30.5. The van der Waals surface area contributed by atoms with E-state index in [-0.39, 0.29) is 23.8 Å². The summed E-state index contributed by atoms with van der Waals surface area (Å²) in [6, 6.07) is -0.341. The van der Waals surface area contributed by atoms with Gasteiger partial charge >= 0.3 is 0 Å². The van der Waals surface area contributed by atoms with Gasteiger partial charge < -0.3 is 15.5 Å². The molecule has 3 heterocycles. The van der Waals surface area contributed by atoms with Crippen molar-refractivity contribution < 1.29 is 9.59 Å². The van der Waals surface area contributed by atoms with Crippen LogP contribution in [0, 0.1) is 5.92 Å². The molecule has 3 rings (SSSR count). The Morgan fingerprint density at radius 1 is 1.45 bits per heavy atom. The molecule has 0 aliphatic carbocycles. The van der Waals surface area contributed by atoms with Crippen molar-refractivity contribution in [3.8, 4) is 0 Å². The van der Waals surface area contributed by atoms with E-state index in [4.69, 9.17) is 0 Å². The number of carbonyl (C=O) groups is 2. The van der Waals surface area contributed by atoms with Crippen molar-refractivity contribution in [2.75, 3.05) is 25.0 Å². The van der Waals surface area contributed by atoms with Crippen LogP contribution in [0.5, 0.6) is 0 Å². The van der Waals surface area contributed by atoms with Gasteiger partial charge in [-0.1, -0.05) is 0 Å². The van der Waals surface area contributed by atoms with Crippen LogP contribution in [0.25, 0.3) is 0 Å². The fourth-order valence-corrected chi connectivity index (χ4v) is 3.41. The fraction of sp³-hybridized carbons (Fsp3) is 0.615. The molecular formula is C13H18N4O2S. The van der Waals surface area contributed by atoms with Gasteiger partial charge in [0.15, 0.2) is 5.13 Å². The Labute approximate surface area is 121 Å². The average molecular weight is 294 g/mol. The van der Waals surface area contributed by atoms with Crippen LogP contribution in [0.2, 0.25) is 0 Å². The third kappa shape index (κ3) is 2.69. The van der Waals surface area contributed by atoms with Crippen molar-refractivity contribution in [2.45, 2.75) is 25.3 Å². The first kappa shape index (κ1) is 13.5. The summed E-state index contributed by atoms with van der Waals surface area (Å²) < 4.78 is 0. The molecule has 2 aliphatic rings. The van der Waals surface area contributed by atoms with Gasteiger partial charge in [0.25, 0.3) is 0 Å². The van der Waals surface area contributed by atoms with Gasteiger partial charge in [-0.15, -0.1) is 11.3 Å². The lowest BCUT2D eigenvalue weighted by Crippen LogP contribution is -2.46. The topological polar surface area (TPSA) is 74.3 Å². The van der Waals surface area contributed by atoms with Gasteiger partial charge in [0.1, 0.15) is 6.04 Å². The van der Waals surface area contributed by atoms with E-state index in [1.165, 1.54) is 11.3 Å². The van der Waals surface area contributed by atoms with Crippen LogP contribution in [-0.2, 0) is 9.59 Å². The highest BCUT2D eigenvalue weighted by atomic mass is 32.1. The highest BCUT2D eigenvalue weighted by Crippen LogP contribution is 2.23. The maximum Gasteiger partial charge on any atom is 0.248 e. The van der Waals surface area contributed by atoms with E-state index < -0.39 is 0 Å². The van der Waals surface area contributed by atoms with Gasteiger partial charge in [0.05, 0.1) is 5.92 Å². The summed E-state index contributed by atoms with van der Waals surface area (Å²) in [7, 11) is 0. The Bertz CT molecular complexity index is 485. The summed E-state index contributed by atoms with van der Waals surface area (Å²) in [5.74, 6) is 0.0341. The van der Waals surface area contributed by atoms with Crippen LogP contribution in [0.4, 0.5) is 5.13 Å². The molecule has 0 radical (unpaired) electrons. The number of amides is 2. The lowest BCUT2D eigenvalue weighted by Gasteiger charge is -2.26. The number of nitrogens with zero attached hydrogens (tertiary/aromatic N) is 2. The van der Waals surface area contributed by atoms with Crippen molar-refractivity contribution in [1.29, 1.82) is 0 Å². The fourth-order valence-electron chi connectivity index (χ4n) is 2.88. The van der Waals surface area contributed by atoms with Crippen LogP contribution >= 0.6 is 11.3 Å². The van der Waals surface area contributed by atoms with Crippen molar-refractivity contribution in [3.05, 3.63) is 11.6 Å². The molecule has 20 heavy (non-hydrogen) atoms. The van der Waals surface area contributed by atoms with Crippen molar-refractivity contribution in [1.82, 2.24) is 15.2 Å². The Balaban J connectivity index is 1.65. The zero-order valence-corrected chi connectivity index (χ0v) is 12.0. The summed E-state index contributed by atoms with van der Waals surface area (Å²) in [5, 5.41) is 8.41. The smallest absolute Gasteiger partial charge is 0.248 e. The number of aromatic nitrogens is 1. The van der Waals surface area contributed by atoms with E-state index in [9.17, 15) is 9.59 Å². The van der Waals surface area contributed by atoms with E-state index in [0.717, 1.165) is 32.4 Å². The molecule has 1 aromatic heterocycles. The molecule has 0 spiro atoms. The van der Waals surface area contributed by atoms with Gasteiger partial charge in [-0.2, -0.15) is 0 Å². The number of likely N-dealkylation sites (tertiary alicyclic amines) is 1. The largest absolute Gasteiger partial charge is 0.330 e. The lowest BCUT2D eigenvalue weighted by atomic mass is 10.1. The maximum atomic E-state index is 12.5. The van der Waals surface area contributed by atoms with Gasteiger partial charge in [-0.25, -0.2) is 4.98 Å². The molecule has 2 fully saturated rings. The second-order valence-electron chi connectivity index (χ2n) is 5.21. The maximum absolute atomic E-state index is 12.5. The first-order valence-corrected chi connectivity index (χ1v) is 7.85. The zero-order chi connectivity index (χ0) is 13.9. The summed E-state index contributed by atoms with van der Waals surface area (Å²) in [6.07, 6.45) is 4.16. The molecule has 2 amide bonds. The van der Waals surface area contributed by atoms with Crippen LogP contribution in [0.3, 0.4) is 0 Å². The van der Waals surface area contributed by atoms with Crippen molar-refractivity contribution >= 4 is 28.3 Å². The summed E-state index contributed by atoms with van der Waals surface area (Å²) >= 11 is 1.39. The van der Waals surface area contributed by atoms with Crippen molar-refractivity contribution in [3.63, 3.8) is 0 Å². The molecule has 0 bridgehead atoms. The molecule has 2 N–H and O–H groups in total. The summed E-state index contributed by atoms with van der Waals surface area (Å²) in [6.45, 7) is 2.31. The van der Waals surface area contributed by atoms with Crippen LogP contribution in [0.15, 0.2) is 11.6 Å². The van der Waals surface area contributed by atoms with Crippen LogP contribution < -0.4 is 10.6 Å². The second kappa shape index (κ2) is 5.88. The van der Waals surface area contributed by atoms with Crippen molar-refractivity contribution in [2.24, 2.45) is 5.92 Å². The van der Waals surface area contributed by atoms with Gasteiger partial charge in [0.2, 0.25) is 11.8 Å². The lowest BCUT2D eigenvalue weighted by molar-refractivity contribution is -0.139. The molecular weight excluding hydrogens is 276 g/mol. The Hall–Kier alpha value is -1.47. The molecule has 2 saturated heterocycles. The number of hydrogen-bond donors (Lipinski definition) is 2. The van der Waals surface area contributed by atoms with Gasteiger partial charge in [-0.05, 0) is 25.8 Å². The van der Waals surface area contributed by atoms with Gasteiger partial charge in [-0.3, -0.25) is 9.59 Å². The second-order valence-corrected chi connectivity index (χ2v) is 6.10. The molecule has 2 atom stereocenters. The van der Waals surface area contributed by atoms with Crippen LogP contribution in [0.1, 0.15) is 19.3 Å². The highest BCUT2D eigenvalue weighted by molar-refractivity contribution is 7.13. The number of nitrogens with one attached hydrogen (secondary N) is 2. The normalized spacial score (nSPS) is 25.9. The SMILES string of the molecule is O=C(Nc1nccs1)C1CCCN1C(=O)C1CCNC1. The van der Waals surface area contributed by atoms with E-state index in [1.54, 1.807) is 11.1 Å². The average Bonchev–Trinajstić information content (AvgIpc) is 3.19. The molecule has 0 aromatic carbocycles. The Morgan fingerprint density at radius 3 is 3.05 bits per heavy atom. The van der Waals surface area contributed by atoms with E-state index >= 15 is 0 Å². The van der Waals surface area contributed by atoms with Crippen LogP contribution in [-0.4, -0.2) is 47.4 Å². The zero-order valence-electron chi connectivity index (χ0n) is 11.2. The Kier molecular flexibility index (Phi) is 3.98. The molecule has 2 aliphatic heterocycles. The minimum atomic E-state index is -0.341. The first-order chi connectivity index (χ1) is 9.75. The quantitative estimate of drug-likeness (QED) is 0.860. The van der Waals surface area contributed by atoms with E-state index in [2.05, 4.69) is 15.6 Å². The first-order valence-electron chi connectivity index (χ1n) is 6.97.